The second-order valence-corrected chi connectivity index (χ2v) is 14.2. The smallest absolute Gasteiger partial charge is 0.0972 e. The molecule has 0 unspecified atom stereocenters. The Hall–Kier alpha value is -7.63. The lowest BCUT2D eigenvalue weighted by Crippen LogP contribution is -1.94. The van der Waals surface area contributed by atoms with Crippen molar-refractivity contribution in [3.8, 4) is 56.2 Å². The minimum atomic E-state index is 0.856. The Morgan fingerprint density at radius 1 is 0.250 bits per heavy atom. The fourth-order valence-corrected chi connectivity index (χ4v) is 7.72. The minimum absolute atomic E-state index is 0.856. The van der Waals surface area contributed by atoms with Gasteiger partial charge in [0.15, 0.2) is 0 Å². The van der Waals surface area contributed by atoms with Gasteiger partial charge in [-0.15, -0.1) is 0 Å². The summed E-state index contributed by atoms with van der Waals surface area (Å²) in [6.45, 7) is 0. The number of rotatable bonds is 5. The summed E-state index contributed by atoms with van der Waals surface area (Å²) in [5.41, 5.74) is 14.2. The van der Waals surface area contributed by atoms with Gasteiger partial charge in [-0.1, -0.05) is 127 Å². The molecule has 5 aromatic heterocycles. The molecule has 0 fully saturated rings. The molecule has 11 rings (SSSR count). The largest absolute Gasteiger partial charge is 0.256 e. The fraction of sp³-hybridized carbons (Fsp3) is 0. The van der Waals surface area contributed by atoms with Gasteiger partial charge in [0.25, 0.3) is 0 Å². The SMILES string of the molecule is c1ccc(-c2ccc3ccc4ccc(-c5cc(-c6cnc7ccccc7c6)cc(-c6ccc7ccc8ccc(-c9ccccc9)nc8c7n6)c5)nc4c3n2)cc1. The van der Waals surface area contributed by atoms with Crippen LogP contribution in [0.25, 0.3) is 111 Å². The van der Waals surface area contributed by atoms with Crippen LogP contribution in [0.15, 0.2) is 188 Å². The number of hydrogen-bond acceptors (Lipinski definition) is 5. The Bertz CT molecular complexity index is 3130. The Kier molecular flexibility index (Phi) is 7.42. The van der Waals surface area contributed by atoms with Crippen LogP contribution in [0.4, 0.5) is 0 Å². The highest BCUT2D eigenvalue weighted by Crippen LogP contribution is 2.36. The lowest BCUT2D eigenvalue weighted by molar-refractivity contribution is 1.35. The molecule has 0 saturated carbocycles. The number of benzene rings is 6. The van der Waals surface area contributed by atoms with Crippen LogP contribution in [0.3, 0.4) is 0 Å². The average molecular weight is 714 g/mol. The van der Waals surface area contributed by atoms with E-state index in [9.17, 15) is 0 Å². The van der Waals surface area contributed by atoms with Gasteiger partial charge in [0.1, 0.15) is 0 Å². The second kappa shape index (κ2) is 13.0. The zero-order valence-corrected chi connectivity index (χ0v) is 30.1. The Morgan fingerprint density at radius 3 is 1.09 bits per heavy atom. The van der Waals surface area contributed by atoms with Gasteiger partial charge in [0.05, 0.1) is 50.4 Å². The average Bonchev–Trinajstić information content (AvgIpc) is 3.28. The number of nitrogens with zero attached hydrogens (tertiary/aromatic N) is 5. The van der Waals surface area contributed by atoms with Crippen molar-refractivity contribution in [2.45, 2.75) is 0 Å². The van der Waals surface area contributed by atoms with Gasteiger partial charge in [-0.3, -0.25) is 4.98 Å². The Balaban J connectivity index is 1.11. The molecule has 260 valence electrons. The van der Waals surface area contributed by atoms with Crippen LogP contribution in [0.2, 0.25) is 0 Å². The zero-order valence-electron chi connectivity index (χ0n) is 30.1. The molecule has 0 saturated heterocycles. The van der Waals surface area contributed by atoms with E-state index in [2.05, 4.69) is 133 Å². The number of hydrogen-bond donors (Lipinski definition) is 0. The highest BCUT2D eigenvalue weighted by Gasteiger charge is 2.15. The van der Waals surface area contributed by atoms with Gasteiger partial charge in [-0.2, -0.15) is 0 Å². The van der Waals surface area contributed by atoms with Crippen LogP contribution in [-0.2, 0) is 0 Å². The molecule has 0 spiro atoms. The normalized spacial score (nSPS) is 11.6. The van der Waals surface area contributed by atoms with E-state index < -0.39 is 0 Å². The second-order valence-electron chi connectivity index (χ2n) is 14.2. The standard InChI is InChI=1S/C51H31N5/c1-3-9-32(10-4-1)44-23-19-34-15-17-36-21-25-46(55-50(36)48(34)53-44)40-28-39(42-27-38-13-7-8-14-43(38)52-31-42)29-41(30-40)47-26-22-37-18-16-35-20-24-45(33-11-5-2-6-12-33)54-49(35)51(37)56-47/h1-31H. The summed E-state index contributed by atoms with van der Waals surface area (Å²) in [7, 11) is 0. The first kappa shape index (κ1) is 31.9. The molecule has 56 heavy (non-hydrogen) atoms. The van der Waals surface area contributed by atoms with Crippen LogP contribution in [0.1, 0.15) is 0 Å². The Labute approximate surface area is 322 Å². The van der Waals surface area contributed by atoms with Gasteiger partial charge >= 0.3 is 0 Å². The van der Waals surface area contributed by atoms with E-state index in [4.69, 9.17) is 24.9 Å². The van der Waals surface area contributed by atoms with Gasteiger partial charge in [-0.05, 0) is 60.2 Å². The number of fused-ring (bicyclic) bond motifs is 7. The number of aromatic nitrogens is 5. The van der Waals surface area contributed by atoms with Crippen molar-refractivity contribution in [3.63, 3.8) is 0 Å². The zero-order chi connectivity index (χ0) is 37.0. The van der Waals surface area contributed by atoms with E-state index >= 15 is 0 Å². The Morgan fingerprint density at radius 2 is 0.625 bits per heavy atom. The molecule has 5 heterocycles. The van der Waals surface area contributed by atoms with Crippen molar-refractivity contribution in [3.05, 3.63) is 188 Å². The van der Waals surface area contributed by atoms with Gasteiger partial charge in [0.2, 0.25) is 0 Å². The first-order chi connectivity index (χ1) is 27.7. The molecule has 6 aromatic carbocycles. The molecule has 0 radical (unpaired) electrons. The summed E-state index contributed by atoms with van der Waals surface area (Å²) in [6, 6.07) is 63.1. The molecular weight excluding hydrogens is 683 g/mol. The molecule has 0 aliphatic heterocycles. The summed E-state index contributed by atoms with van der Waals surface area (Å²) < 4.78 is 0. The molecule has 0 atom stereocenters. The predicted octanol–water partition coefficient (Wildman–Crippen LogP) is 12.8. The van der Waals surface area contributed by atoms with Crippen molar-refractivity contribution in [1.82, 2.24) is 24.9 Å². The maximum atomic E-state index is 5.35. The molecule has 0 aliphatic rings. The minimum Gasteiger partial charge on any atom is -0.256 e. The predicted molar refractivity (Wildman–Crippen MR) is 230 cm³/mol. The van der Waals surface area contributed by atoms with E-state index in [1.807, 2.05) is 54.7 Å². The van der Waals surface area contributed by atoms with Crippen LogP contribution in [0, 0.1) is 0 Å². The summed E-state index contributed by atoms with van der Waals surface area (Å²) in [5, 5.41) is 5.27. The molecule has 0 bridgehead atoms. The van der Waals surface area contributed by atoms with Crippen molar-refractivity contribution < 1.29 is 0 Å². The summed E-state index contributed by atoms with van der Waals surface area (Å²) in [5.74, 6) is 0. The van der Waals surface area contributed by atoms with E-state index in [0.717, 1.165) is 111 Å². The molecule has 0 amide bonds. The third-order valence-corrected chi connectivity index (χ3v) is 10.6. The van der Waals surface area contributed by atoms with Crippen LogP contribution in [0.5, 0.6) is 0 Å². The maximum absolute atomic E-state index is 5.35. The summed E-state index contributed by atoms with van der Waals surface area (Å²) >= 11 is 0. The van der Waals surface area contributed by atoms with Crippen molar-refractivity contribution in [1.29, 1.82) is 0 Å². The lowest BCUT2D eigenvalue weighted by atomic mass is 9.96. The van der Waals surface area contributed by atoms with E-state index in [1.54, 1.807) is 0 Å². The van der Waals surface area contributed by atoms with Gasteiger partial charge in [0, 0.05) is 60.9 Å². The van der Waals surface area contributed by atoms with Crippen molar-refractivity contribution in [2.24, 2.45) is 0 Å². The van der Waals surface area contributed by atoms with Crippen LogP contribution >= 0.6 is 0 Å². The fourth-order valence-electron chi connectivity index (χ4n) is 7.72. The summed E-state index contributed by atoms with van der Waals surface area (Å²) in [6.07, 6.45) is 1.96. The highest BCUT2D eigenvalue weighted by molar-refractivity contribution is 6.05. The lowest BCUT2D eigenvalue weighted by Gasteiger charge is -2.13. The monoisotopic (exact) mass is 713 g/mol. The van der Waals surface area contributed by atoms with Crippen LogP contribution < -0.4 is 0 Å². The van der Waals surface area contributed by atoms with E-state index in [0.29, 0.717) is 0 Å². The topological polar surface area (TPSA) is 64.5 Å². The highest BCUT2D eigenvalue weighted by atomic mass is 14.8. The molecule has 0 aliphatic carbocycles. The molecular formula is C51H31N5. The first-order valence-electron chi connectivity index (χ1n) is 18.7. The number of pyridine rings is 5. The van der Waals surface area contributed by atoms with Crippen LogP contribution in [-0.4, -0.2) is 24.9 Å². The molecule has 5 heteroatoms. The third kappa shape index (κ3) is 5.62. The number of para-hydroxylation sites is 1. The third-order valence-electron chi connectivity index (χ3n) is 10.6. The van der Waals surface area contributed by atoms with E-state index in [1.165, 1.54) is 0 Å². The quantitative estimate of drug-likeness (QED) is 0.166. The maximum Gasteiger partial charge on any atom is 0.0972 e. The van der Waals surface area contributed by atoms with E-state index in [-0.39, 0.29) is 0 Å². The molecule has 11 aromatic rings. The van der Waals surface area contributed by atoms with Crippen molar-refractivity contribution in [2.75, 3.05) is 0 Å². The van der Waals surface area contributed by atoms with Gasteiger partial charge < -0.3 is 0 Å². The summed E-state index contributed by atoms with van der Waals surface area (Å²) in [4.78, 5) is 25.8. The molecule has 5 nitrogen and oxygen atoms in total. The van der Waals surface area contributed by atoms with Crippen molar-refractivity contribution >= 4 is 54.5 Å². The first-order valence-corrected chi connectivity index (χ1v) is 18.7. The van der Waals surface area contributed by atoms with Gasteiger partial charge in [-0.25, -0.2) is 19.9 Å². The molecule has 0 N–H and O–H groups in total.